The molecule has 0 aromatic heterocycles. The number of rotatable bonds is 6. The second-order valence-corrected chi connectivity index (χ2v) is 9.27. The van der Waals surface area contributed by atoms with Crippen LogP contribution >= 0.6 is 0 Å². The number of benzene rings is 2. The maximum atomic E-state index is 13.8. The number of morpholine rings is 1. The van der Waals surface area contributed by atoms with Crippen molar-refractivity contribution in [3.63, 3.8) is 0 Å². The van der Waals surface area contributed by atoms with Crippen molar-refractivity contribution >= 4 is 46.2 Å². The highest BCUT2D eigenvalue weighted by Gasteiger charge is 2.60. The molecule has 3 amide bonds. The van der Waals surface area contributed by atoms with E-state index in [0.717, 1.165) is 18.5 Å². The molecule has 1 atom stereocenters. The molecule has 2 saturated heterocycles. The highest BCUT2D eigenvalue weighted by atomic mass is 16.5. The van der Waals surface area contributed by atoms with Crippen molar-refractivity contribution in [2.45, 2.75) is 12.8 Å². The molecule has 2 aromatic rings. The summed E-state index contributed by atoms with van der Waals surface area (Å²) in [5.74, 6) is -1.47. The maximum Gasteiger partial charge on any atom is 0.273 e. The zero-order chi connectivity index (χ0) is 25.4. The maximum absolute atomic E-state index is 13.8. The van der Waals surface area contributed by atoms with Crippen LogP contribution in [0.15, 0.2) is 53.5 Å². The minimum Gasteiger partial charge on any atom is -0.497 e. The quantitative estimate of drug-likeness (QED) is 0.598. The van der Waals surface area contributed by atoms with Crippen molar-refractivity contribution in [2.75, 3.05) is 43.2 Å². The Morgan fingerprint density at radius 2 is 1.72 bits per heavy atom. The molecule has 0 bridgehead atoms. The van der Waals surface area contributed by atoms with Gasteiger partial charge in [-0.1, -0.05) is 0 Å². The van der Waals surface area contributed by atoms with Gasteiger partial charge in [0.15, 0.2) is 0 Å². The van der Waals surface area contributed by atoms with Gasteiger partial charge in [-0.05, 0) is 61.4 Å². The normalized spacial score (nSPS) is 22.1. The SMILES string of the molecule is COc1ccc(N=C2C(=O)N(c3ccc(N4CCOCC4=O)cc3)CC3(CC3)C2C(=N)C(N)=O)cc1. The van der Waals surface area contributed by atoms with Gasteiger partial charge in [-0.2, -0.15) is 0 Å². The zero-order valence-corrected chi connectivity index (χ0v) is 19.9. The Balaban J connectivity index is 1.50. The average Bonchev–Trinajstić information content (AvgIpc) is 3.66. The molecule has 1 saturated carbocycles. The number of ether oxygens (including phenoxy) is 2. The van der Waals surface area contributed by atoms with Crippen LogP contribution in [0, 0.1) is 16.7 Å². The highest BCUT2D eigenvalue weighted by Crippen LogP contribution is 2.56. The summed E-state index contributed by atoms with van der Waals surface area (Å²) in [6, 6.07) is 14.1. The van der Waals surface area contributed by atoms with Crippen molar-refractivity contribution in [2.24, 2.45) is 22.1 Å². The van der Waals surface area contributed by atoms with E-state index < -0.39 is 17.2 Å². The summed E-state index contributed by atoms with van der Waals surface area (Å²) in [7, 11) is 1.56. The number of nitrogens with zero attached hydrogens (tertiary/aromatic N) is 3. The molecule has 36 heavy (non-hydrogen) atoms. The van der Waals surface area contributed by atoms with E-state index in [0.29, 0.717) is 36.8 Å². The van der Waals surface area contributed by atoms with E-state index in [1.807, 2.05) is 12.1 Å². The number of carbonyl (C=O) groups is 3. The fraction of sp³-hybridized carbons (Fsp3) is 0.346. The fourth-order valence-electron chi connectivity index (χ4n) is 4.94. The van der Waals surface area contributed by atoms with E-state index in [9.17, 15) is 14.4 Å². The van der Waals surface area contributed by atoms with Gasteiger partial charge in [0.1, 0.15) is 23.8 Å². The van der Waals surface area contributed by atoms with Crippen LogP contribution in [0.4, 0.5) is 17.1 Å². The lowest BCUT2D eigenvalue weighted by molar-refractivity contribution is -0.125. The third-order valence-electron chi connectivity index (χ3n) is 7.05. The van der Waals surface area contributed by atoms with Gasteiger partial charge in [-0.15, -0.1) is 0 Å². The molecule has 2 aromatic carbocycles. The third kappa shape index (κ3) is 4.24. The smallest absolute Gasteiger partial charge is 0.273 e. The molecule has 10 nitrogen and oxygen atoms in total. The summed E-state index contributed by atoms with van der Waals surface area (Å²) in [6.45, 7) is 1.34. The molecule has 2 aliphatic heterocycles. The van der Waals surface area contributed by atoms with Gasteiger partial charge in [0.2, 0.25) is 0 Å². The van der Waals surface area contributed by atoms with Gasteiger partial charge in [0, 0.05) is 29.9 Å². The minimum absolute atomic E-state index is 0.0489. The van der Waals surface area contributed by atoms with Crippen LogP contribution in [0.25, 0.3) is 0 Å². The minimum atomic E-state index is -0.852. The number of carbonyl (C=O) groups excluding carboxylic acids is 3. The summed E-state index contributed by atoms with van der Waals surface area (Å²) < 4.78 is 10.4. The molecule has 1 aliphatic carbocycles. The molecule has 1 unspecified atom stereocenters. The monoisotopic (exact) mass is 489 g/mol. The van der Waals surface area contributed by atoms with E-state index in [-0.39, 0.29) is 29.8 Å². The molecule has 2 heterocycles. The molecule has 186 valence electrons. The lowest BCUT2D eigenvalue weighted by Crippen LogP contribution is -2.56. The predicted octanol–water partition coefficient (Wildman–Crippen LogP) is 2.08. The lowest BCUT2D eigenvalue weighted by Gasteiger charge is -2.39. The van der Waals surface area contributed by atoms with Gasteiger partial charge < -0.3 is 25.0 Å². The van der Waals surface area contributed by atoms with Crippen molar-refractivity contribution in [3.8, 4) is 5.75 Å². The summed E-state index contributed by atoms with van der Waals surface area (Å²) in [5.41, 5.74) is 6.76. The topological polar surface area (TPSA) is 138 Å². The van der Waals surface area contributed by atoms with Crippen LogP contribution in [-0.2, 0) is 19.1 Å². The molecular weight excluding hydrogens is 462 g/mol. The Kier molecular flexibility index (Phi) is 6.05. The molecule has 3 N–H and O–H groups in total. The molecule has 5 rings (SSSR count). The number of hydrogen-bond donors (Lipinski definition) is 2. The van der Waals surface area contributed by atoms with Crippen molar-refractivity contribution in [3.05, 3.63) is 48.5 Å². The summed E-state index contributed by atoms with van der Waals surface area (Å²) in [4.78, 5) is 45.9. The summed E-state index contributed by atoms with van der Waals surface area (Å²) >= 11 is 0. The Hall–Kier alpha value is -4.05. The molecular formula is C26H27N5O5. The zero-order valence-electron chi connectivity index (χ0n) is 19.9. The number of primary amides is 1. The Bertz CT molecular complexity index is 1250. The van der Waals surface area contributed by atoms with Crippen LogP contribution < -0.4 is 20.3 Å². The van der Waals surface area contributed by atoms with E-state index in [1.54, 1.807) is 53.3 Å². The number of nitrogens with two attached hydrogens (primary N) is 1. The van der Waals surface area contributed by atoms with Crippen LogP contribution in [-0.4, -0.2) is 62.6 Å². The number of nitrogens with one attached hydrogen (secondary N) is 1. The molecule has 0 radical (unpaired) electrons. The first-order valence-corrected chi connectivity index (χ1v) is 11.7. The summed E-state index contributed by atoms with van der Waals surface area (Å²) in [6.07, 6.45) is 1.50. The first kappa shape index (κ1) is 23.7. The van der Waals surface area contributed by atoms with Crippen LogP contribution in [0.2, 0.25) is 0 Å². The molecule has 10 heteroatoms. The van der Waals surface area contributed by atoms with Crippen LogP contribution in [0.5, 0.6) is 5.75 Å². The van der Waals surface area contributed by atoms with Gasteiger partial charge in [0.25, 0.3) is 17.7 Å². The number of piperidine rings is 1. The first-order valence-electron chi connectivity index (χ1n) is 11.7. The summed E-state index contributed by atoms with van der Waals surface area (Å²) in [5, 5.41) is 8.42. The van der Waals surface area contributed by atoms with Gasteiger partial charge in [0.05, 0.1) is 25.3 Å². The number of hydrogen-bond acceptors (Lipinski definition) is 7. The number of aliphatic imine (C=N–C) groups is 1. The van der Waals surface area contributed by atoms with Crippen LogP contribution in [0.1, 0.15) is 12.8 Å². The molecule has 3 fully saturated rings. The van der Waals surface area contributed by atoms with E-state index in [4.69, 9.17) is 20.6 Å². The third-order valence-corrected chi connectivity index (χ3v) is 7.05. The Morgan fingerprint density at radius 1 is 1.08 bits per heavy atom. The predicted molar refractivity (Wildman–Crippen MR) is 134 cm³/mol. The Labute approximate surface area is 208 Å². The van der Waals surface area contributed by atoms with Crippen molar-refractivity contribution < 1.29 is 23.9 Å². The highest BCUT2D eigenvalue weighted by molar-refractivity contribution is 6.54. The number of methoxy groups -OCH3 is 1. The second kappa shape index (κ2) is 9.19. The van der Waals surface area contributed by atoms with Gasteiger partial charge >= 0.3 is 0 Å². The van der Waals surface area contributed by atoms with Crippen molar-refractivity contribution in [1.82, 2.24) is 0 Å². The van der Waals surface area contributed by atoms with E-state index in [1.165, 1.54) is 0 Å². The van der Waals surface area contributed by atoms with E-state index >= 15 is 0 Å². The fourth-order valence-corrected chi connectivity index (χ4v) is 4.94. The molecule has 3 aliphatic rings. The first-order chi connectivity index (χ1) is 17.3. The molecule has 1 spiro atoms. The van der Waals surface area contributed by atoms with Gasteiger partial charge in [-0.3, -0.25) is 19.8 Å². The van der Waals surface area contributed by atoms with E-state index in [2.05, 4.69) is 4.99 Å². The second-order valence-electron chi connectivity index (χ2n) is 9.27. The van der Waals surface area contributed by atoms with Gasteiger partial charge in [-0.25, -0.2) is 4.99 Å². The number of amides is 3. The van der Waals surface area contributed by atoms with Crippen LogP contribution in [0.3, 0.4) is 0 Å². The number of anilines is 2. The van der Waals surface area contributed by atoms with Crippen molar-refractivity contribution in [1.29, 1.82) is 5.41 Å². The Morgan fingerprint density at radius 3 is 2.28 bits per heavy atom. The average molecular weight is 490 g/mol. The lowest BCUT2D eigenvalue weighted by atomic mass is 9.76. The standard InChI is InChI=1S/C26H27N5O5/c1-35-19-8-2-16(3-9-19)29-23-21(22(27)24(28)33)26(10-11-26)15-31(25(23)34)18-6-4-17(5-7-18)30-12-13-36-14-20(30)32/h2-9,21,27H,10-15H2,1H3,(H2,28,33). The largest absolute Gasteiger partial charge is 0.497 e.